The molecule has 0 heterocycles. The van der Waals surface area contributed by atoms with Gasteiger partial charge in [-0.3, -0.25) is 9.59 Å². The maximum Gasteiger partial charge on any atom is 0.322 e. The number of carbonyl (C=O) groups is 2. The van der Waals surface area contributed by atoms with Crippen LogP contribution >= 0.6 is 0 Å². The molecule has 1 atom stereocenters. The summed E-state index contributed by atoms with van der Waals surface area (Å²) in [6.07, 6.45) is -1.06. The fourth-order valence-corrected chi connectivity index (χ4v) is 2.93. The molecule has 0 unspecified atom stereocenters. The van der Waals surface area contributed by atoms with E-state index in [2.05, 4.69) is 5.32 Å². The second-order valence-electron chi connectivity index (χ2n) is 6.59. The number of amides is 1. The van der Waals surface area contributed by atoms with Crippen LogP contribution in [0.5, 0.6) is 0 Å². The molecule has 7 nitrogen and oxygen atoms in total. The molecule has 0 bridgehead atoms. The molecule has 9 heteroatoms. The Morgan fingerprint density at radius 3 is 2.24 bits per heavy atom. The third kappa shape index (κ3) is 6.43. The number of carbonyl (C=O) groups excluding carboxylic acids is 2. The number of rotatable bonds is 6. The molecule has 0 aromatic heterocycles. The summed E-state index contributed by atoms with van der Waals surface area (Å²) in [6, 6.07) is 4.23. The van der Waals surface area contributed by atoms with Gasteiger partial charge in [0.2, 0.25) is 10.0 Å². The van der Waals surface area contributed by atoms with Crippen LogP contribution in [-0.4, -0.2) is 49.8 Å². The number of hydrogen-bond acceptors (Lipinski definition) is 5. The predicted octanol–water partition coefficient (Wildman–Crippen LogP) is 1.29. The van der Waals surface area contributed by atoms with Crippen LogP contribution in [0.4, 0.5) is 4.39 Å². The molecule has 0 aliphatic rings. The molecule has 1 aromatic rings. The molecule has 1 N–H and O–H groups in total. The van der Waals surface area contributed by atoms with E-state index in [0.29, 0.717) is 0 Å². The van der Waals surface area contributed by atoms with Crippen molar-refractivity contribution in [3.63, 3.8) is 0 Å². The Hall–Kier alpha value is -2.00. The Morgan fingerprint density at radius 1 is 1.24 bits per heavy atom. The number of sulfonamides is 1. The van der Waals surface area contributed by atoms with Crippen molar-refractivity contribution in [2.45, 2.75) is 44.2 Å². The van der Waals surface area contributed by atoms with Crippen LogP contribution in [0.15, 0.2) is 29.2 Å². The Balaban J connectivity index is 2.70. The molecule has 0 radical (unpaired) electrons. The van der Waals surface area contributed by atoms with Crippen LogP contribution in [0, 0.1) is 5.82 Å². The summed E-state index contributed by atoms with van der Waals surface area (Å²) in [5, 5.41) is 2.66. The van der Waals surface area contributed by atoms with Crippen molar-refractivity contribution in [3.8, 4) is 0 Å². The van der Waals surface area contributed by atoms with Gasteiger partial charge in [0.15, 0.2) is 6.10 Å². The van der Waals surface area contributed by atoms with Crippen LogP contribution in [0.25, 0.3) is 0 Å². The predicted molar refractivity (Wildman–Crippen MR) is 89.7 cm³/mol. The van der Waals surface area contributed by atoms with E-state index in [-0.39, 0.29) is 4.90 Å². The summed E-state index contributed by atoms with van der Waals surface area (Å²) in [6.45, 7) is 6.16. The monoisotopic (exact) mass is 374 g/mol. The maximum absolute atomic E-state index is 12.9. The van der Waals surface area contributed by atoms with E-state index in [4.69, 9.17) is 4.74 Å². The molecule has 25 heavy (non-hydrogen) atoms. The minimum Gasteiger partial charge on any atom is -0.452 e. The normalized spacial score (nSPS) is 13.4. The lowest BCUT2D eigenvalue weighted by molar-refractivity contribution is -0.155. The topological polar surface area (TPSA) is 92.8 Å². The third-order valence-corrected chi connectivity index (χ3v) is 4.87. The zero-order valence-electron chi connectivity index (χ0n) is 14.9. The van der Waals surface area contributed by atoms with Crippen molar-refractivity contribution in [2.24, 2.45) is 0 Å². The zero-order chi connectivity index (χ0) is 19.4. The highest BCUT2D eigenvalue weighted by atomic mass is 32.2. The Bertz CT molecular complexity index is 726. The Morgan fingerprint density at radius 2 is 1.76 bits per heavy atom. The molecule has 0 spiro atoms. The molecule has 1 rings (SSSR count). The van der Waals surface area contributed by atoms with Crippen molar-refractivity contribution in [1.82, 2.24) is 9.62 Å². The molecule has 140 valence electrons. The third-order valence-electron chi connectivity index (χ3n) is 3.05. The van der Waals surface area contributed by atoms with Gasteiger partial charge in [-0.15, -0.1) is 0 Å². The summed E-state index contributed by atoms with van der Waals surface area (Å²) in [5.74, 6) is -1.92. The van der Waals surface area contributed by atoms with E-state index in [1.165, 1.54) is 14.0 Å². The van der Waals surface area contributed by atoms with E-state index >= 15 is 0 Å². The standard InChI is InChI=1S/C16H23FN2O5S/c1-11(15(21)18-16(2,3)4)24-14(20)10-19(5)25(22,23)13-8-6-12(17)7-9-13/h6-9,11H,10H2,1-5H3,(H,18,21)/t11-/m1/s1. The summed E-state index contributed by atoms with van der Waals surface area (Å²) < 4.78 is 43.2. The van der Waals surface area contributed by atoms with Gasteiger partial charge in [0.25, 0.3) is 5.91 Å². The van der Waals surface area contributed by atoms with Crippen LogP contribution < -0.4 is 5.32 Å². The minimum atomic E-state index is -3.97. The van der Waals surface area contributed by atoms with Gasteiger partial charge in [-0.2, -0.15) is 4.31 Å². The largest absolute Gasteiger partial charge is 0.452 e. The minimum absolute atomic E-state index is 0.150. The highest BCUT2D eigenvalue weighted by Crippen LogP contribution is 2.14. The van der Waals surface area contributed by atoms with Crippen LogP contribution in [-0.2, 0) is 24.3 Å². The van der Waals surface area contributed by atoms with Gasteiger partial charge in [-0.25, -0.2) is 12.8 Å². The van der Waals surface area contributed by atoms with E-state index in [1.807, 2.05) is 0 Å². The van der Waals surface area contributed by atoms with Gasteiger partial charge < -0.3 is 10.1 Å². The van der Waals surface area contributed by atoms with Gasteiger partial charge in [-0.05, 0) is 52.0 Å². The molecule has 0 fully saturated rings. The fourth-order valence-electron chi connectivity index (χ4n) is 1.81. The van der Waals surface area contributed by atoms with Gasteiger partial charge in [0.1, 0.15) is 12.4 Å². The lowest BCUT2D eigenvalue weighted by atomic mass is 10.1. The number of esters is 1. The van der Waals surface area contributed by atoms with E-state index in [1.54, 1.807) is 20.8 Å². The first-order valence-corrected chi connectivity index (χ1v) is 9.00. The fraction of sp³-hybridized carbons (Fsp3) is 0.500. The summed E-state index contributed by atoms with van der Waals surface area (Å²) in [5.41, 5.74) is -0.486. The highest BCUT2D eigenvalue weighted by molar-refractivity contribution is 7.89. The number of benzene rings is 1. The van der Waals surface area contributed by atoms with Crippen LogP contribution in [0.2, 0.25) is 0 Å². The summed E-state index contributed by atoms with van der Waals surface area (Å²) >= 11 is 0. The van der Waals surface area contributed by atoms with Gasteiger partial charge >= 0.3 is 5.97 Å². The van der Waals surface area contributed by atoms with Crippen molar-refractivity contribution in [2.75, 3.05) is 13.6 Å². The summed E-state index contributed by atoms with van der Waals surface area (Å²) in [4.78, 5) is 23.6. The van der Waals surface area contributed by atoms with E-state index in [9.17, 15) is 22.4 Å². The number of nitrogens with one attached hydrogen (secondary N) is 1. The lowest BCUT2D eigenvalue weighted by Crippen LogP contribution is -2.47. The average molecular weight is 374 g/mol. The lowest BCUT2D eigenvalue weighted by Gasteiger charge is -2.23. The molecule has 0 aliphatic heterocycles. The molecule has 1 amide bonds. The molecule has 1 aromatic carbocycles. The first-order valence-electron chi connectivity index (χ1n) is 7.56. The second kappa shape index (κ2) is 7.92. The number of hydrogen-bond donors (Lipinski definition) is 1. The van der Waals surface area contributed by atoms with E-state index < -0.39 is 45.9 Å². The van der Waals surface area contributed by atoms with Crippen LogP contribution in [0.1, 0.15) is 27.7 Å². The maximum atomic E-state index is 12.9. The van der Waals surface area contributed by atoms with Gasteiger partial charge in [-0.1, -0.05) is 0 Å². The van der Waals surface area contributed by atoms with Crippen molar-refractivity contribution >= 4 is 21.9 Å². The van der Waals surface area contributed by atoms with Gasteiger partial charge in [0.05, 0.1) is 4.90 Å². The smallest absolute Gasteiger partial charge is 0.322 e. The molecule has 0 aliphatic carbocycles. The first-order chi connectivity index (χ1) is 11.3. The Kier molecular flexibility index (Phi) is 6.67. The van der Waals surface area contributed by atoms with Gasteiger partial charge in [0, 0.05) is 12.6 Å². The number of likely N-dealkylation sites (N-methyl/N-ethyl adjacent to an activating group) is 1. The summed E-state index contributed by atoms with van der Waals surface area (Å²) in [7, 11) is -2.78. The molecule has 0 saturated carbocycles. The number of nitrogens with zero attached hydrogens (tertiary/aromatic N) is 1. The first kappa shape index (κ1) is 21.0. The quantitative estimate of drug-likeness (QED) is 0.758. The second-order valence-corrected chi connectivity index (χ2v) is 8.63. The van der Waals surface area contributed by atoms with Crippen molar-refractivity contribution < 1.29 is 27.1 Å². The zero-order valence-corrected chi connectivity index (χ0v) is 15.7. The van der Waals surface area contributed by atoms with Crippen molar-refractivity contribution in [1.29, 1.82) is 0 Å². The number of ether oxygens (including phenoxy) is 1. The average Bonchev–Trinajstić information content (AvgIpc) is 2.45. The molecular formula is C16H23FN2O5S. The molecular weight excluding hydrogens is 351 g/mol. The Labute approximate surface area is 147 Å². The van der Waals surface area contributed by atoms with E-state index in [0.717, 1.165) is 28.6 Å². The van der Waals surface area contributed by atoms with Crippen molar-refractivity contribution in [3.05, 3.63) is 30.1 Å². The highest BCUT2D eigenvalue weighted by Gasteiger charge is 2.26. The van der Waals surface area contributed by atoms with Crippen LogP contribution in [0.3, 0.4) is 0 Å². The SMILES string of the molecule is C[C@@H](OC(=O)CN(C)S(=O)(=O)c1ccc(F)cc1)C(=O)NC(C)(C)C. The number of halogens is 1. The molecule has 0 saturated heterocycles.